The Labute approximate surface area is 132 Å². The molecule has 0 atom stereocenters. The fourth-order valence-corrected chi connectivity index (χ4v) is 2.08. The quantitative estimate of drug-likeness (QED) is 0.685. The van der Waals surface area contributed by atoms with Gasteiger partial charge < -0.3 is 14.8 Å². The van der Waals surface area contributed by atoms with Crippen LogP contribution in [-0.2, 0) is 25.6 Å². The lowest BCUT2D eigenvalue weighted by molar-refractivity contribution is -0.159. The molecule has 0 bridgehead atoms. The van der Waals surface area contributed by atoms with E-state index in [1.807, 2.05) is 0 Å². The number of halogens is 2. The molecule has 22 heavy (non-hydrogen) atoms. The predicted molar refractivity (Wildman–Crippen MR) is 77.2 cm³/mol. The van der Waals surface area contributed by atoms with Gasteiger partial charge in [0.2, 0.25) is 11.5 Å². The third-order valence-corrected chi connectivity index (χ3v) is 3.28. The molecule has 0 aromatic heterocycles. The molecule has 1 heterocycles. The fourth-order valence-electron chi connectivity index (χ4n) is 1.88. The normalized spacial score (nSPS) is 18.5. The van der Waals surface area contributed by atoms with E-state index in [-0.39, 0.29) is 22.9 Å². The lowest BCUT2D eigenvalue weighted by Gasteiger charge is -2.14. The van der Waals surface area contributed by atoms with E-state index in [1.54, 1.807) is 13.8 Å². The van der Waals surface area contributed by atoms with Gasteiger partial charge in [-0.2, -0.15) is 0 Å². The molecule has 1 saturated heterocycles. The van der Waals surface area contributed by atoms with E-state index in [0.29, 0.717) is 5.56 Å². The maximum absolute atomic E-state index is 13.1. The van der Waals surface area contributed by atoms with Crippen LogP contribution in [0, 0.1) is 5.82 Å². The van der Waals surface area contributed by atoms with E-state index in [4.69, 9.17) is 21.1 Å². The Bertz CT molecular complexity index is 670. The van der Waals surface area contributed by atoms with Crippen molar-refractivity contribution in [1.29, 1.82) is 0 Å². The third-order valence-electron chi connectivity index (χ3n) is 2.99. The van der Waals surface area contributed by atoms with Gasteiger partial charge >= 0.3 is 5.97 Å². The number of rotatable bonds is 3. The average molecular weight is 328 g/mol. The lowest BCUT2D eigenvalue weighted by Crippen LogP contribution is -2.25. The van der Waals surface area contributed by atoms with Gasteiger partial charge in [-0.1, -0.05) is 17.7 Å². The van der Waals surface area contributed by atoms with Crippen LogP contribution in [0.5, 0.6) is 0 Å². The summed E-state index contributed by atoms with van der Waals surface area (Å²) in [7, 11) is 0. The number of nitrogens with one attached hydrogen (secondary N) is 1. The zero-order chi connectivity index (χ0) is 16.5. The number of hydrogen-bond acceptors (Lipinski definition) is 4. The molecule has 0 saturated carbocycles. The topological polar surface area (TPSA) is 64.6 Å². The second kappa shape index (κ2) is 5.96. The van der Waals surface area contributed by atoms with E-state index in [0.717, 1.165) is 0 Å². The van der Waals surface area contributed by atoms with Crippen molar-refractivity contribution in [2.24, 2.45) is 0 Å². The molecule has 118 valence electrons. The number of carbonyl (C=O) groups excluding carboxylic acids is 2. The average Bonchev–Trinajstić information content (AvgIpc) is 2.72. The van der Waals surface area contributed by atoms with E-state index < -0.39 is 23.5 Å². The summed E-state index contributed by atoms with van der Waals surface area (Å²) in [5.74, 6) is -2.88. The van der Waals surface area contributed by atoms with Gasteiger partial charge in [-0.05, 0) is 24.6 Å². The van der Waals surface area contributed by atoms with Crippen LogP contribution in [0.15, 0.2) is 29.5 Å². The third kappa shape index (κ3) is 3.57. The lowest BCUT2D eigenvalue weighted by atomic mass is 10.2. The highest BCUT2D eigenvalue weighted by Crippen LogP contribution is 2.28. The van der Waals surface area contributed by atoms with Crippen molar-refractivity contribution in [2.45, 2.75) is 33.1 Å². The number of amides is 1. The Morgan fingerprint density at radius 3 is 2.59 bits per heavy atom. The molecule has 1 amide bonds. The molecule has 7 heteroatoms. The van der Waals surface area contributed by atoms with Crippen molar-refractivity contribution in [3.05, 3.63) is 45.9 Å². The molecular weight excluding hydrogens is 313 g/mol. The number of hydrogen-bond donors (Lipinski definition) is 1. The van der Waals surface area contributed by atoms with Crippen molar-refractivity contribution in [1.82, 2.24) is 5.32 Å². The number of carbonyl (C=O) groups is 2. The molecular formula is C15H15ClFNO4. The Hall–Kier alpha value is -2.08. The zero-order valence-electron chi connectivity index (χ0n) is 12.3. The largest absolute Gasteiger partial charge is 0.445 e. The molecule has 1 fully saturated rings. The summed E-state index contributed by atoms with van der Waals surface area (Å²) in [6, 6.07) is 4.14. The predicted octanol–water partition coefficient (Wildman–Crippen LogP) is 2.68. The van der Waals surface area contributed by atoms with Crippen LogP contribution in [-0.4, -0.2) is 17.7 Å². The van der Waals surface area contributed by atoms with E-state index >= 15 is 0 Å². The van der Waals surface area contributed by atoms with Crippen LogP contribution in [0.2, 0.25) is 5.02 Å². The molecule has 0 radical (unpaired) electrons. The number of benzene rings is 1. The second-order valence-corrected chi connectivity index (χ2v) is 5.68. The summed E-state index contributed by atoms with van der Waals surface area (Å²) in [6.07, 6.45) is 0. The minimum Gasteiger partial charge on any atom is -0.445 e. The smallest absolute Gasteiger partial charge is 0.377 e. The molecule has 1 N–H and O–H groups in total. The highest BCUT2D eigenvalue weighted by atomic mass is 35.5. The summed E-state index contributed by atoms with van der Waals surface area (Å²) in [6.45, 7) is 4.75. The van der Waals surface area contributed by atoms with Gasteiger partial charge in [0.25, 0.3) is 5.91 Å². The second-order valence-electron chi connectivity index (χ2n) is 5.28. The summed E-state index contributed by atoms with van der Waals surface area (Å²) >= 11 is 5.67. The molecule has 2 rings (SSSR count). The molecule has 0 spiro atoms. The first-order valence-electron chi connectivity index (χ1n) is 6.55. The van der Waals surface area contributed by atoms with Crippen LogP contribution in [0.25, 0.3) is 0 Å². The Balaban J connectivity index is 2.06. The van der Waals surface area contributed by atoms with Gasteiger partial charge in [0, 0.05) is 20.4 Å². The first-order chi connectivity index (χ1) is 10.2. The summed E-state index contributed by atoms with van der Waals surface area (Å²) in [5, 5.41) is 2.58. The summed E-state index contributed by atoms with van der Waals surface area (Å²) in [4.78, 5) is 23.7. The molecule has 1 aromatic carbocycles. The van der Waals surface area contributed by atoms with Gasteiger partial charge in [-0.25, -0.2) is 9.18 Å². The van der Waals surface area contributed by atoms with Gasteiger partial charge in [-0.3, -0.25) is 4.79 Å². The maximum atomic E-state index is 13.1. The standard InChI is InChI=1S/C15H15ClFNO4/c1-8(12-14(20)22-15(2,3)21-12)13(19)18-7-9-4-5-11(17)10(16)6-9/h4-6H,7H2,1-3H3,(H,18,19). The number of ether oxygens (including phenoxy) is 2. The SMILES string of the molecule is CC(C(=O)NCc1ccc(F)c(Cl)c1)=C1OC(C)(C)OC1=O. The first kappa shape index (κ1) is 16.3. The van der Waals surface area contributed by atoms with Gasteiger partial charge in [0.1, 0.15) is 5.82 Å². The summed E-state index contributed by atoms with van der Waals surface area (Å²) in [5.41, 5.74) is 0.747. The monoisotopic (exact) mass is 327 g/mol. The van der Waals surface area contributed by atoms with Crippen molar-refractivity contribution in [3.8, 4) is 0 Å². The van der Waals surface area contributed by atoms with Crippen LogP contribution in [0.1, 0.15) is 26.3 Å². The van der Waals surface area contributed by atoms with Gasteiger partial charge in [0.15, 0.2) is 0 Å². The van der Waals surface area contributed by atoms with Crippen LogP contribution < -0.4 is 5.32 Å². The van der Waals surface area contributed by atoms with E-state index in [9.17, 15) is 14.0 Å². The van der Waals surface area contributed by atoms with Crippen LogP contribution in [0.3, 0.4) is 0 Å². The minimum atomic E-state index is -1.08. The molecule has 1 aliphatic heterocycles. The minimum absolute atomic E-state index is 0.0220. The molecule has 0 unspecified atom stereocenters. The number of cyclic esters (lactones) is 1. The van der Waals surface area contributed by atoms with Crippen molar-refractivity contribution < 1.29 is 23.5 Å². The van der Waals surface area contributed by atoms with Crippen molar-refractivity contribution >= 4 is 23.5 Å². The maximum Gasteiger partial charge on any atom is 0.377 e. The van der Waals surface area contributed by atoms with Gasteiger partial charge in [0.05, 0.1) is 10.6 Å². The molecule has 1 aliphatic rings. The highest BCUT2D eigenvalue weighted by molar-refractivity contribution is 6.30. The van der Waals surface area contributed by atoms with Crippen LogP contribution in [0.4, 0.5) is 4.39 Å². The van der Waals surface area contributed by atoms with Crippen LogP contribution >= 0.6 is 11.6 Å². The van der Waals surface area contributed by atoms with Gasteiger partial charge in [-0.15, -0.1) is 0 Å². The molecule has 5 nitrogen and oxygen atoms in total. The highest BCUT2D eigenvalue weighted by Gasteiger charge is 2.39. The molecule has 1 aromatic rings. The van der Waals surface area contributed by atoms with Crippen molar-refractivity contribution in [3.63, 3.8) is 0 Å². The Morgan fingerprint density at radius 1 is 1.36 bits per heavy atom. The van der Waals surface area contributed by atoms with E-state index in [2.05, 4.69) is 5.32 Å². The van der Waals surface area contributed by atoms with Crippen molar-refractivity contribution in [2.75, 3.05) is 0 Å². The van der Waals surface area contributed by atoms with E-state index in [1.165, 1.54) is 25.1 Å². The number of esters is 1. The fraction of sp³-hybridized carbons (Fsp3) is 0.333. The summed E-state index contributed by atoms with van der Waals surface area (Å²) < 4.78 is 23.3. The zero-order valence-corrected chi connectivity index (χ0v) is 13.1. The first-order valence-corrected chi connectivity index (χ1v) is 6.93. The Morgan fingerprint density at radius 2 is 2.05 bits per heavy atom. The Kier molecular flexibility index (Phi) is 4.42. The molecule has 0 aliphatic carbocycles.